The van der Waals surface area contributed by atoms with E-state index >= 15 is 0 Å². The zero-order valence-corrected chi connectivity index (χ0v) is 21.2. The molecule has 3 aromatic rings. The summed E-state index contributed by atoms with van der Waals surface area (Å²) >= 11 is 12.2. The highest BCUT2D eigenvalue weighted by molar-refractivity contribution is 6.35. The van der Waals surface area contributed by atoms with Crippen molar-refractivity contribution < 1.29 is 19.0 Å². The topological polar surface area (TPSA) is 44.8 Å². The minimum atomic E-state index is -1.06. The van der Waals surface area contributed by atoms with Gasteiger partial charge in [-0.05, 0) is 98.5 Å². The highest BCUT2D eigenvalue weighted by Crippen LogP contribution is 2.28. The number of allylic oxidation sites excluding steroid dienone is 1. The Morgan fingerprint density at radius 3 is 2.06 bits per heavy atom. The van der Waals surface area contributed by atoms with Gasteiger partial charge in [-0.3, -0.25) is 0 Å². The maximum atomic E-state index is 12.0. The highest BCUT2D eigenvalue weighted by atomic mass is 35.5. The third-order valence-corrected chi connectivity index (χ3v) is 5.58. The van der Waals surface area contributed by atoms with Gasteiger partial charge in [0, 0.05) is 10.0 Å². The lowest BCUT2D eigenvalue weighted by atomic mass is 10.0. The Labute approximate surface area is 211 Å². The average molecular weight is 499 g/mol. The molecule has 0 unspecified atom stereocenters. The first-order valence-electron chi connectivity index (χ1n) is 11.0. The molecule has 0 saturated carbocycles. The van der Waals surface area contributed by atoms with Gasteiger partial charge in [0.25, 0.3) is 0 Å². The van der Waals surface area contributed by atoms with E-state index in [1.807, 2.05) is 49.4 Å². The van der Waals surface area contributed by atoms with Gasteiger partial charge in [0.2, 0.25) is 0 Å². The van der Waals surface area contributed by atoms with E-state index in [4.69, 9.17) is 37.4 Å². The number of esters is 1. The van der Waals surface area contributed by atoms with Gasteiger partial charge in [0.1, 0.15) is 18.1 Å². The van der Waals surface area contributed by atoms with E-state index in [2.05, 4.69) is 12.1 Å². The van der Waals surface area contributed by atoms with Crippen LogP contribution in [0.5, 0.6) is 11.5 Å². The van der Waals surface area contributed by atoms with Crippen molar-refractivity contribution in [3.05, 3.63) is 88.4 Å². The molecule has 0 bridgehead atoms. The van der Waals surface area contributed by atoms with Crippen LogP contribution < -0.4 is 9.47 Å². The first-order valence-corrected chi connectivity index (χ1v) is 11.8. The molecular weight excluding hydrogens is 471 g/mol. The monoisotopic (exact) mass is 498 g/mol. The van der Waals surface area contributed by atoms with E-state index in [0.717, 1.165) is 22.3 Å². The van der Waals surface area contributed by atoms with Crippen LogP contribution >= 0.6 is 23.2 Å². The number of carbonyl (C=O) groups excluding carboxylic acids is 1. The van der Waals surface area contributed by atoms with Gasteiger partial charge in [-0.15, -0.1) is 0 Å². The zero-order chi connectivity index (χ0) is 24.7. The second-order valence-corrected chi connectivity index (χ2v) is 9.11. The van der Waals surface area contributed by atoms with Gasteiger partial charge in [0.15, 0.2) is 5.60 Å². The molecule has 0 fully saturated rings. The number of carbonyl (C=O) groups is 1. The smallest absolute Gasteiger partial charge is 0.349 e. The van der Waals surface area contributed by atoms with Crippen LogP contribution in [0.2, 0.25) is 10.0 Å². The Morgan fingerprint density at radius 1 is 0.882 bits per heavy atom. The van der Waals surface area contributed by atoms with E-state index in [0.29, 0.717) is 34.8 Å². The highest BCUT2D eigenvalue weighted by Gasteiger charge is 2.31. The molecule has 0 atom stereocenters. The van der Waals surface area contributed by atoms with Crippen LogP contribution in [-0.4, -0.2) is 24.8 Å². The molecule has 3 aromatic carbocycles. The van der Waals surface area contributed by atoms with E-state index in [9.17, 15) is 4.79 Å². The fourth-order valence-electron chi connectivity index (χ4n) is 3.27. The van der Waals surface area contributed by atoms with Crippen LogP contribution in [0.25, 0.3) is 16.7 Å². The molecule has 6 heteroatoms. The molecule has 0 amide bonds. The zero-order valence-electron chi connectivity index (χ0n) is 19.7. The molecule has 0 saturated heterocycles. The van der Waals surface area contributed by atoms with Crippen LogP contribution in [0.3, 0.4) is 0 Å². The summed E-state index contributed by atoms with van der Waals surface area (Å²) in [4.78, 5) is 12.0. The van der Waals surface area contributed by atoms with Gasteiger partial charge < -0.3 is 14.2 Å². The first-order chi connectivity index (χ1) is 16.2. The predicted molar refractivity (Wildman–Crippen MR) is 139 cm³/mol. The SMILES string of the molecule is CCOC(=O)C(C)(C)Oc1ccc(OC/C=C(\C)c2ccc(-c3cc(Cl)cc(Cl)c3)cc2)cc1. The summed E-state index contributed by atoms with van der Waals surface area (Å²) in [6, 6.07) is 20.9. The molecule has 0 N–H and O–H groups in total. The van der Waals surface area contributed by atoms with Crippen LogP contribution in [0.1, 0.15) is 33.3 Å². The molecule has 178 valence electrons. The second-order valence-electron chi connectivity index (χ2n) is 8.24. The Kier molecular flexibility index (Phi) is 8.65. The summed E-state index contributed by atoms with van der Waals surface area (Å²) in [7, 11) is 0. The van der Waals surface area contributed by atoms with Crippen molar-refractivity contribution >= 4 is 34.7 Å². The molecule has 0 aliphatic heterocycles. The second kappa shape index (κ2) is 11.5. The molecule has 0 aliphatic carbocycles. The maximum Gasteiger partial charge on any atom is 0.349 e. The number of ether oxygens (including phenoxy) is 3. The number of rotatable bonds is 9. The maximum absolute atomic E-state index is 12.0. The van der Waals surface area contributed by atoms with Crippen molar-refractivity contribution in [3.63, 3.8) is 0 Å². The van der Waals surface area contributed by atoms with Crippen molar-refractivity contribution in [3.8, 4) is 22.6 Å². The lowest BCUT2D eigenvalue weighted by Gasteiger charge is -2.24. The molecule has 0 heterocycles. The molecular formula is C28H28Cl2O4. The minimum Gasteiger partial charge on any atom is -0.490 e. The van der Waals surface area contributed by atoms with Gasteiger partial charge >= 0.3 is 5.97 Å². The van der Waals surface area contributed by atoms with E-state index < -0.39 is 11.6 Å². The Balaban J connectivity index is 1.57. The van der Waals surface area contributed by atoms with E-state index in [1.165, 1.54) is 0 Å². The van der Waals surface area contributed by atoms with Gasteiger partial charge in [-0.25, -0.2) is 4.79 Å². The van der Waals surface area contributed by atoms with Crippen molar-refractivity contribution in [1.82, 2.24) is 0 Å². The number of hydrogen-bond donors (Lipinski definition) is 0. The summed E-state index contributed by atoms with van der Waals surface area (Å²) in [5, 5.41) is 1.23. The van der Waals surface area contributed by atoms with Crippen LogP contribution in [0.4, 0.5) is 0 Å². The Hall–Kier alpha value is -2.95. The summed E-state index contributed by atoms with van der Waals surface area (Å²) in [5.41, 5.74) is 3.17. The molecule has 3 rings (SSSR count). The van der Waals surface area contributed by atoms with Gasteiger partial charge in [-0.1, -0.05) is 47.5 Å². The molecule has 0 radical (unpaired) electrons. The summed E-state index contributed by atoms with van der Waals surface area (Å²) in [5.74, 6) is 0.872. The van der Waals surface area contributed by atoms with Crippen molar-refractivity contribution in [2.45, 2.75) is 33.3 Å². The van der Waals surface area contributed by atoms with Gasteiger partial charge in [-0.2, -0.15) is 0 Å². The van der Waals surface area contributed by atoms with Crippen molar-refractivity contribution in [2.75, 3.05) is 13.2 Å². The Bertz CT molecular complexity index is 1130. The third-order valence-electron chi connectivity index (χ3n) is 5.14. The summed E-state index contributed by atoms with van der Waals surface area (Å²) < 4.78 is 16.7. The van der Waals surface area contributed by atoms with Crippen LogP contribution in [0, 0.1) is 0 Å². The van der Waals surface area contributed by atoms with E-state index in [-0.39, 0.29) is 0 Å². The lowest BCUT2D eigenvalue weighted by Crippen LogP contribution is -2.39. The first kappa shape index (κ1) is 25.7. The average Bonchev–Trinajstić information content (AvgIpc) is 2.79. The number of benzene rings is 3. The Morgan fingerprint density at radius 2 is 1.47 bits per heavy atom. The molecule has 4 nitrogen and oxygen atoms in total. The minimum absolute atomic E-state index is 0.312. The van der Waals surface area contributed by atoms with E-state index in [1.54, 1.807) is 39.0 Å². The standard InChI is InChI=1S/C28H28Cl2O4/c1-5-32-27(31)28(3,4)34-26-12-10-25(11-13-26)33-15-14-19(2)20-6-8-21(9-7-20)22-16-23(29)18-24(30)17-22/h6-14,16-18H,5,15H2,1-4H3/b19-14+. The van der Waals surface area contributed by atoms with Crippen molar-refractivity contribution in [2.24, 2.45) is 0 Å². The largest absolute Gasteiger partial charge is 0.490 e. The summed E-state index contributed by atoms with van der Waals surface area (Å²) in [6.07, 6.45) is 2.03. The quantitative estimate of drug-likeness (QED) is 0.281. The van der Waals surface area contributed by atoms with Crippen LogP contribution in [-0.2, 0) is 9.53 Å². The molecule has 0 aromatic heterocycles. The number of hydrogen-bond acceptors (Lipinski definition) is 4. The normalized spacial score (nSPS) is 11.8. The number of halogens is 2. The predicted octanol–water partition coefficient (Wildman–Crippen LogP) is 7.86. The fraction of sp³-hybridized carbons (Fsp3) is 0.250. The molecule has 34 heavy (non-hydrogen) atoms. The van der Waals surface area contributed by atoms with Gasteiger partial charge in [0.05, 0.1) is 6.61 Å². The lowest BCUT2D eigenvalue weighted by molar-refractivity contribution is -0.158. The summed E-state index contributed by atoms with van der Waals surface area (Å²) in [6.45, 7) is 7.91. The van der Waals surface area contributed by atoms with Crippen molar-refractivity contribution in [1.29, 1.82) is 0 Å². The third kappa shape index (κ3) is 7.02. The molecule has 0 spiro atoms. The fourth-order valence-corrected chi connectivity index (χ4v) is 3.80. The molecule has 0 aliphatic rings. The van der Waals surface area contributed by atoms with Crippen LogP contribution in [0.15, 0.2) is 72.8 Å².